The molecule has 0 saturated heterocycles. The lowest BCUT2D eigenvalue weighted by Gasteiger charge is -2.16. The van der Waals surface area contributed by atoms with Crippen molar-refractivity contribution in [1.82, 2.24) is 0 Å². The van der Waals surface area contributed by atoms with E-state index in [1.54, 1.807) is 0 Å². The molecule has 0 atom stereocenters. The zero-order valence-corrected chi connectivity index (χ0v) is 12.7. The number of Topliss-reactive ketones (excluding diaryl/α,β-unsaturated/α-hetero) is 1. The van der Waals surface area contributed by atoms with Gasteiger partial charge in [-0.25, -0.2) is 8.42 Å². The van der Waals surface area contributed by atoms with E-state index in [9.17, 15) is 18.0 Å². The van der Waals surface area contributed by atoms with Gasteiger partial charge in [0.1, 0.15) is 0 Å². The maximum Gasteiger partial charge on any atom is 0.309 e. The highest BCUT2D eigenvalue weighted by Crippen LogP contribution is 2.30. The molecule has 1 aliphatic rings. The van der Waals surface area contributed by atoms with Gasteiger partial charge in [0.05, 0.1) is 17.9 Å². The highest BCUT2D eigenvalue weighted by Gasteiger charge is 2.31. The Morgan fingerprint density at radius 3 is 2.29 bits per heavy atom. The Hall–Kier alpha value is -1.89. The fraction of sp³-hybridized carbons (Fsp3) is 0.429. The van der Waals surface area contributed by atoms with E-state index in [4.69, 9.17) is 4.74 Å². The van der Waals surface area contributed by atoms with Crippen LogP contribution in [0.5, 0.6) is 0 Å². The Balaban J connectivity index is 1.97. The molecule has 7 heteroatoms. The summed E-state index contributed by atoms with van der Waals surface area (Å²) in [5.41, 5.74) is 0.841. The molecule has 0 aromatic heterocycles. The molecule has 0 aliphatic heterocycles. The second-order valence-electron chi connectivity index (χ2n) is 5.08. The van der Waals surface area contributed by atoms with Crippen LogP contribution in [0.4, 0.5) is 5.69 Å². The summed E-state index contributed by atoms with van der Waals surface area (Å²) in [5.74, 6) is -0.669. The smallest absolute Gasteiger partial charge is 0.309 e. The van der Waals surface area contributed by atoms with Crippen molar-refractivity contribution in [3.8, 4) is 0 Å². The van der Waals surface area contributed by atoms with Crippen LogP contribution in [-0.4, -0.2) is 40.1 Å². The molecular weight excluding hydrogens is 294 g/mol. The van der Waals surface area contributed by atoms with Crippen LogP contribution in [0, 0.1) is 5.92 Å². The van der Waals surface area contributed by atoms with Gasteiger partial charge in [-0.15, -0.1) is 0 Å². The van der Waals surface area contributed by atoms with Gasteiger partial charge in [-0.1, -0.05) is 0 Å². The van der Waals surface area contributed by atoms with Crippen molar-refractivity contribution in [3.05, 3.63) is 29.8 Å². The Bertz CT molecular complexity index is 646. The van der Waals surface area contributed by atoms with Crippen molar-refractivity contribution < 1.29 is 22.7 Å². The van der Waals surface area contributed by atoms with Crippen LogP contribution in [0.2, 0.25) is 0 Å². The average molecular weight is 311 g/mol. The summed E-state index contributed by atoms with van der Waals surface area (Å²) < 4.78 is 28.8. The molecule has 1 aromatic carbocycles. The van der Waals surface area contributed by atoms with E-state index < -0.39 is 10.0 Å². The molecule has 0 unspecified atom stereocenters. The number of esters is 1. The number of nitrogens with zero attached hydrogens (tertiary/aromatic N) is 1. The monoisotopic (exact) mass is 311 g/mol. The molecule has 0 spiro atoms. The molecule has 0 radical (unpaired) electrons. The summed E-state index contributed by atoms with van der Waals surface area (Å²) in [6.07, 6.45) is 2.77. The molecule has 0 N–H and O–H groups in total. The molecule has 6 nitrogen and oxygen atoms in total. The highest BCUT2D eigenvalue weighted by atomic mass is 32.2. The van der Waals surface area contributed by atoms with Crippen molar-refractivity contribution in [2.24, 2.45) is 5.92 Å². The van der Waals surface area contributed by atoms with Crippen LogP contribution < -0.4 is 4.31 Å². The molecular formula is C14H17NO5S. The Labute approximate surface area is 123 Å². The molecule has 1 aliphatic carbocycles. The Kier molecular flexibility index (Phi) is 4.32. The molecule has 21 heavy (non-hydrogen) atoms. The first-order chi connectivity index (χ1) is 9.79. The zero-order valence-electron chi connectivity index (χ0n) is 11.9. The topological polar surface area (TPSA) is 80.8 Å². The molecule has 1 aromatic rings. The van der Waals surface area contributed by atoms with E-state index in [1.165, 1.54) is 31.3 Å². The Morgan fingerprint density at radius 1 is 1.24 bits per heavy atom. The maximum absolute atomic E-state index is 11.9. The fourth-order valence-corrected chi connectivity index (χ4v) is 2.21. The van der Waals surface area contributed by atoms with Gasteiger partial charge in [-0.05, 0) is 37.1 Å². The third-order valence-electron chi connectivity index (χ3n) is 3.31. The molecule has 1 fully saturated rings. The van der Waals surface area contributed by atoms with Gasteiger partial charge >= 0.3 is 5.97 Å². The van der Waals surface area contributed by atoms with Gasteiger partial charge in [0.2, 0.25) is 10.0 Å². The minimum Gasteiger partial charge on any atom is -0.457 e. The van der Waals surface area contributed by atoms with E-state index >= 15 is 0 Å². The predicted molar refractivity (Wildman–Crippen MR) is 77.7 cm³/mol. The molecule has 2 rings (SSSR count). The summed E-state index contributed by atoms with van der Waals surface area (Å²) in [6.45, 7) is -0.281. The van der Waals surface area contributed by atoms with Gasteiger partial charge in [-0.3, -0.25) is 13.9 Å². The second kappa shape index (κ2) is 5.85. The molecule has 114 valence electrons. The summed E-state index contributed by atoms with van der Waals surface area (Å²) in [6, 6.07) is 6.11. The van der Waals surface area contributed by atoms with Gasteiger partial charge in [0.25, 0.3) is 0 Å². The highest BCUT2D eigenvalue weighted by molar-refractivity contribution is 7.92. The van der Waals surface area contributed by atoms with Crippen molar-refractivity contribution in [1.29, 1.82) is 0 Å². The van der Waals surface area contributed by atoms with Crippen LogP contribution in [-0.2, 0) is 19.6 Å². The van der Waals surface area contributed by atoms with Gasteiger partial charge in [0.15, 0.2) is 12.4 Å². The number of ether oxygens (including phenoxy) is 1. The third kappa shape index (κ3) is 4.04. The van der Waals surface area contributed by atoms with Crippen LogP contribution in [0.1, 0.15) is 23.2 Å². The lowest BCUT2D eigenvalue weighted by Crippen LogP contribution is -2.24. The largest absolute Gasteiger partial charge is 0.457 e. The zero-order chi connectivity index (χ0) is 15.6. The number of carbonyl (C=O) groups is 2. The van der Waals surface area contributed by atoms with Gasteiger partial charge in [-0.2, -0.15) is 0 Å². The third-order valence-corrected chi connectivity index (χ3v) is 4.51. The lowest BCUT2D eigenvalue weighted by molar-refractivity contribution is -0.144. The van der Waals surface area contributed by atoms with E-state index in [-0.39, 0.29) is 24.3 Å². The number of carbonyl (C=O) groups excluding carboxylic acids is 2. The molecule has 1 saturated carbocycles. The second-order valence-corrected chi connectivity index (χ2v) is 7.10. The van der Waals surface area contributed by atoms with Crippen LogP contribution in [0.3, 0.4) is 0 Å². The van der Waals surface area contributed by atoms with Crippen molar-refractivity contribution in [2.75, 3.05) is 24.2 Å². The standard InChI is InChI=1S/C14H17NO5S/c1-15(21(2,18)19)12-7-5-10(6-8-12)13(16)9-20-14(17)11-3-4-11/h5-8,11H,3-4,9H2,1-2H3. The molecule has 0 bridgehead atoms. The van der Waals surface area contributed by atoms with Crippen molar-refractivity contribution >= 4 is 27.5 Å². The number of sulfonamides is 1. The van der Waals surface area contributed by atoms with Gasteiger partial charge < -0.3 is 4.74 Å². The average Bonchev–Trinajstić information content (AvgIpc) is 3.27. The Morgan fingerprint density at radius 2 is 1.81 bits per heavy atom. The summed E-state index contributed by atoms with van der Waals surface area (Å²) in [5, 5.41) is 0. The summed E-state index contributed by atoms with van der Waals surface area (Å²) >= 11 is 0. The van der Waals surface area contributed by atoms with Crippen molar-refractivity contribution in [3.63, 3.8) is 0 Å². The first kappa shape index (κ1) is 15.5. The number of hydrogen-bond donors (Lipinski definition) is 0. The predicted octanol–water partition coefficient (Wildman–Crippen LogP) is 1.22. The van der Waals surface area contributed by atoms with E-state index in [2.05, 4.69) is 0 Å². The minimum absolute atomic E-state index is 0.0383. The first-order valence-electron chi connectivity index (χ1n) is 6.53. The van der Waals surface area contributed by atoms with E-state index in [0.717, 1.165) is 23.4 Å². The quantitative estimate of drug-likeness (QED) is 0.583. The molecule has 0 amide bonds. The van der Waals surface area contributed by atoms with E-state index in [0.29, 0.717) is 11.3 Å². The fourth-order valence-electron chi connectivity index (χ4n) is 1.71. The van der Waals surface area contributed by atoms with Crippen LogP contribution in [0.25, 0.3) is 0 Å². The van der Waals surface area contributed by atoms with E-state index in [1.807, 2.05) is 0 Å². The van der Waals surface area contributed by atoms with Crippen molar-refractivity contribution in [2.45, 2.75) is 12.8 Å². The SMILES string of the molecule is CN(c1ccc(C(=O)COC(=O)C2CC2)cc1)S(C)(=O)=O. The number of rotatable bonds is 6. The summed E-state index contributed by atoms with van der Waals surface area (Å²) in [7, 11) is -1.90. The molecule has 0 heterocycles. The normalized spacial score (nSPS) is 14.6. The van der Waals surface area contributed by atoms with Crippen LogP contribution in [0.15, 0.2) is 24.3 Å². The first-order valence-corrected chi connectivity index (χ1v) is 8.37. The summed E-state index contributed by atoms with van der Waals surface area (Å²) in [4.78, 5) is 23.2. The number of benzene rings is 1. The number of hydrogen-bond acceptors (Lipinski definition) is 5. The maximum atomic E-state index is 11.9. The number of ketones is 1. The lowest BCUT2D eigenvalue weighted by atomic mass is 10.1. The van der Waals surface area contributed by atoms with Crippen LogP contribution >= 0.6 is 0 Å². The van der Waals surface area contributed by atoms with Gasteiger partial charge in [0, 0.05) is 12.6 Å². The number of anilines is 1. The minimum atomic E-state index is -3.33.